The van der Waals surface area contributed by atoms with E-state index in [1.807, 2.05) is 31.2 Å². The van der Waals surface area contributed by atoms with Crippen molar-refractivity contribution in [3.8, 4) is 11.1 Å². The summed E-state index contributed by atoms with van der Waals surface area (Å²) in [5.41, 5.74) is 2.86. The molecule has 0 spiro atoms. The highest BCUT2D eigenvalue weighted by Crippen LogP contribution is 2.37. The lowest BCUT2D eigenvalue weighted by Crippen LogP contribution is -2.18. The summed E-state index contributed by atoms with van der Waals surface area (Å²) in [5, 5.41) is 11.3. The van der Waals surface area contributed by atoms with E-state index in [0.717, 1.165) is 5.56 Å². The second-order valence-corrected chi connectivity index (χ2v) is 7.31. The number of benzene rings is 2. The molecule has 1 heterocycles. The lowest BCUT2D eigenvalue weighted by atomic mass is 10.1. The van der Waals surface area contributed by atoms with Crippen LogP contribution in [0.5, 0.6) is 0 Å². The first-order chi connectivity index (χ1) is 13.9. The van der Waals surface area contributed by atoms with Crippen LogP contribution in [0.4, 0.5) is 11.5 Å². The molecule has 3 rings (SSSR count). The molecule has 150 valence electrons. The van der Waals surface area contributed by atoms with Gasteiger partial charge in [0.25, 0.3) is 0 Å². The molecule has 0 saturated heterocycles. The molecule has 0 fully saturated rings. The van der Waals surface area contributed by atoms with Crippen molar-refractivity contribution in [3.05, 3.63) is 64.3 Å². The predicted molar refractivity (Wildman–Crippen MR) is 117 cm³/mol. The number of hydrogen-bond acceptors (Lipinski definition) is 3. The molecule has 1 atom stereocenters. The maximum absolute atomic E-state index is 12.2. The fourth-order valence-electron chi connectivity index (χ4n) is 3.01. The summed E-state index contributed by atoms with van der Waals surface area (Å²) in [7, 11) is 0. The summed E-state index contributed by atoms with van der Waals surface area (Å²) >= 11 is 12.2. The van der Waals surface area contributed by atoms with Crippen molar-refractivity contribution in [1.29, 1.82) is 0 Å². The van der Waals surface area contributed by atoms with Crippen molar-refractivity contribution in [2.24, 2.45) is 0 Å². The van der Waals surface area contributed by atoms with Gasteiger partial charge in [-0.2, -0.15) is 5.10 Å². The van der Waals surface area contributed by atoms with Crippen LogP contribution in [-0.4, -0.2) is 22.1 Å². The van der Waals surface area contributed by atoms with Crippen molar-refractivity contribution in [2.45, 2.75) is 26.3 Å². The van der Waals surface area contributed by atoms with Gasteiger partial charge < -0.3 is 10.6 Å². The Bertz CT molecular complexity index is 1030. The molecule has 1 aromatic heterocycles. The Morgan fingerprint density at radius 2 is 1.83 bits per heavy atom. The molecule has 6 nitrogen and oxygen atoms in total. The molecule has 2 N–H and O–H groups in total. The lowest BCUT2D eigenvalue weighted by molar-refractivity contribution is -0.116. The number of anilines is 2. The smallest absolute Gasteiger partial charge is 0.225 e. The third-order valence-corrected chi connectivity index (χ3v) is 5.07. The zero-order chi connectivity index (χ0) is 21.0. The summed E-state index contributed by atoms with van der Waals surface area (Å²) < 4.78 is 1.73. The number of carbonyl (C=O) groups excluding carboxylic acids is 2. The first kappa shape index (κ1) is 20.9. The summed E-state index contributed by atoms with van der Waals surface area (Å²) in [4.78, 5) is 23.3. The minimum atomic E-state index is -0.171. The van der Waals surface area contributed by atoms with Gasteiger partial charge in [-0.05, 0) is 42.8 Å². The Kier molecular flexibility index (Phi) is 6.56. The van der Waals surface area contributed by atoms with Gasteiger partial charge >= 0.3 is 0 Å². The van der Waals surface area contributed by atoms with Gasteiger partial charge in [-0.15, -0.1) is 0 Å². The van der Waals surface area contributed by atoms with Crippen LogP contribution in [0.1, 0.15) is 31.9 Å². The molecule has 0 aliphatic heterocycles. The average Bonchev–Trinajstić information content (AvgIpc) is 3.12. The second kappa shape index (κ2) is 9.11. The molecule has 0 radical (unpaired) electrons. The van der Waals surface area contributed by atoms with E-state index in [1.54, 1.807) is 36.0 Å². The van der Waals surface area contributed by atoms with Crippen LogP contribution in [0.3, 0.4) is 0 Å². The molecular formula is C21H20Cl2N4O2. The van der Waals surface area contributed by atoms with Gasteiger partial charge in [-0.1, -0.05) is 42.3 Å². The molecule has 3 aromatic rings. The van der Waals surface area contributed by atoms with Gasteiger partial charge in [0, 0.05) is 33.3 Å². The number of amides is 2. The van der Waals surface area contributed by atoms with Crippen LogP contribution >= 0.6 is 23.2 Å². The number of nitrogens with zero attached hydrogens (tertiary/aromatic N) is 2. The van der Waals surface area contributed by atoms with Gasteiger partial charge in [0.15, 0.2) is 0 Å². The average molecular weight is 431 g/mol. The van der Waals surface area contributed by atoms with Crippen LogP contribution in [0.25, 0.3) is 11.1 Å². The Hall–Kier alpha value is -2.83. The molecule has 8 heteroatoms. The molecule has 29 heavy (non-hydrogen) atoms. The predicted octanol–water partition coefficient (Wildman–Crippen LogP) is 5.38. The Labute approximate surface area is 178 Å². The number of rotatable bonds is 7. The van der Waals surface area contributed by atoms with Crippen molar-refractivity contribution in [3.63, 3.8) is 0 Å². The highest BCUT2D eigenvalue weighted by Gasteiger charge is 2.21. The van der Waals surface area contributed by atoms with Gasteiger partial charge in [-0.25, -0.2) is 4.68 Å². The van der Waals surface area contributed by atoms with Crippen molar-refractivity contribution >= 4 is 47.0 Å². The van der Waals surface area contributed by atoms with Crippen molar-refractivity contribution in [1.82, 2.24) is 9.78 Å². The Morgan fingerprint density at radius 1 is 1.14 bits per heavy atom. The van der Waals surface area contributed by atoms with Gasteiger partial charge in [0.05, 0.1) is 12.2 Å². The molecule has 0 bridgehead atoms. The Balaban J connectivity index is 2.14. The third-order valence-electron chi connectivity index (χ3n) is 4.58. The molecule has 0 saturated carbocycles. The minimum absolute atomic E-state index is 0.150. The zero-order valence-corrected chi connectivity index (χ0v) is 17.5. The van der Waals surface area contributed by atoms with E-state index in [0.29, 0.717) is 45.5 Å². The van der Waals surface area contributed by atoms with E-state index >= 15 is 0 Å². The first-order valence-corrected chi connectivity index (χ1v) is 9.83. The monoisotopic (exact) mass is 430 g/mol. The molecule has 1 unspecified atom stereocenters. The maximum atomic E-state index is 12.2. The molecule has 0 aliphatic rings. The van der Waals surface area contributed by atoms with Crippen LogP contribution in [0.2, 0.25) is 10.0 Å². The van der Waals surface area contributed by atoms with Crippen LogP contribution in [0.15, 0.2) is 48.7 Å². The summed E-state index contributed by atoms with van der Waals surface area (Å²) in [6, 6.07) is 12.4. The van der Waals surface area contributed by atoms with E-state index < -0.39 is 0 Å². The Morgan fingerprint density at radius 3 is 2.48 bits per heavy atom. The van der Waals surface area contributed by atoms with E-state index in [9.17, 15) is 9.59 Å². The van der Waals surface area contributed by atoms with Crippen LogP contribution in [0, 0.1) is 0 Å². The maximum Gasteiger partial charge on any atom is 0.225 e. The van der Waals surface area contributed by atoms with Crippen molar-refractivity contribution < 1.29 is 9.59 Å². The van der Waals surface area contributed by atoms with Gasteiger partial charge in [0.2, 0.25) is 12.3 Å². The summed E-state index contributed by atoms with van der Waals surface area (Å²) in [6.07, 6.45) is 2.56. The topological polar surface area (TPSA) is 76.0 Å². The number of hydrogen-bond donors (Lipinski definition) is 2. The van der Waals surface area contributed by atoms with Gasteiger partial charge in [0.1, 0.15) is 5.82 Å². The van der Waals surface area contributed by atoms with E-state index in [4.69, 9.17) is 23.2 Å². The summed E-state index contributed by atoms with van der Waals surface area (Å²) in [6.45, 7) is 3.75. The second-order valence-electron chi connectivity index (χ2n) is 6.43. The normalized spacial score (nSPS) is 11.7. The van der Waals surface area contributed by atoms with Crippen LogP contribution < -0.4 is 10.6 Å². The number of nitrogens with one attached hydrogen (secondary N) is 2. The fourth-order valence-corrected chi connectivity index (χ4v) is 3.31. The molecular weight excluding hydrogens is 411 g/mol. The number of halogens is 2. The number of aromatic nitrogens is 2. The third kappa shape index (κ3) is 4.60. The van der Waals surface area contributed by atoms with Crippen LogP contribution in [-0.2, 0) is 9.59 Å². The largest absolute Gasteiger partial charge is 0.328 e. The molecule has 2 amide bonds. The highest BCUT2D eigenvalue weighted by molar-refractivity contribution is 6.31. The van der Waals surface area contributed by atoms with E-state index in [1.165, 1.54) is 0 Å². The van der Waals surface area contributed by atoms with Gasteiger partial charge in [-0.3, -0.25) is 9.59 Å². The minimum Gasteiger partial charge on any atom is -0.328 e. The quantitative estimate of drug-likeness (QED) is 0.493. The summed E-state index contributed by atoms with van der Waals surface area (Å²) in [5.74, 6) is 0.374. The number of carbonyl (C=O) groups is 2. The SMILES string of the molecule is CCC(=O)Nc1c(-c2cc(Cl)ccc2NC=O)cnn1C(C)c1ccc(Cl)cc1. The lowest BCUT2D eigenvalue weighted by Gasteiger charge is -2.18. The van der Waals surface area contributed by atoms with E-state index in [-0.39, 0.29) is 11.9 Å². The molecule has 0 aliphatic carbocycles. The first-order valence-electron chi connectivity index (χ1n) is 9.07. The standard InChI is InChI=1S/C21H20Cl2N4O2/c1-3-20(29)26-21-18(17-10-16(23)8-9-19(17)24-12-28)11-25-27(21)13(2)14-4-6-15(22)7-5-14/h4-13H,3H2,1-2H3,(H,24,28)(H,26,29). The van der Waals surface area contributed by atoms with Crippen molar-refractivity contribution in [2.75, 3.05) is 10.6 Å². The molecule has 2 aromatic carbocycles. The highest BCUT2D eigenvalue weighted by atomic mass is 35.5. The van der Waals surface area contributed by atoms with E-state index in [2.05, 4.69) is 15.7 Å². The fraction of sp³-hybridized carbons (Fsp3) is 0.190. The zero-order valence-electron chi connectivity index (χ0n) is 15.9.